The van der Waals surface area contributed by atoms with Crippen LogP contribution in [0, 0.1) is 5.92 Å². The third-order valence-electron chi connectivity index (χ3n) is 3.48. The molecule has 2 unspecified atom stereocenters. The predicted octanol–water partition coefficient (Wildman–Crippen LogP) is 3.18. The highest BCUT2D eigenvalue weighted by molar-refractivity contribution is 9.10. The van der Waals surface area contributed by atoms with E-state index in [0.29, 0.717) is 17.9 Å². The van der Waals surface area contributed by atoms with Crippen LogP contribution in [0.15, 0.2) is 16.6 Å². The third kappa shape index (κ3) is 3.23. The van der Waals surface area contributed by atoms with E-state index >= 15 is 0 Å². The molecule has 112 valence electrons. The number of hydrogen-bond acceptors (Lipinski definition) is 4. The van der Waals surface area contributed by atoms with E-state index in [2.05, 4.69) is 15.9 Å². The second-order valence-corrected chi connectivity index (χ2v) is 8.35. The first-order valence-electron chi connectivity index (χ1n) is 6.14. The van der Waals surface area contributed by atoms with Crippen molar-refractivity contribution >= 4 is 37.4 Å². The Labute approximate surface area is 132 Å². The van der Waals surface area contributed by atoms with Gasteiger partial charge < -0.3 is 9.47 Å². The number of benzene rings is 1. The van der Waals surface area contributed by atoms with Gasteiger partial charge in [-0.25, -0.2) is 8.42 Å². The zero-order valence-corrected chi connectivity index (χ0v) is 14.4. The molecule has 0 aromatic heterocycles. The van der Waals surface area contributed by atoms with Crippen molar-refractivity contribution in [2.45, 2.75) is 11.8 Å². The first-order valence-corrected chi connectivity index (χ1v) is 9.19. The molecular formula is C13H16BrClO4S. The number of methoxy groups -OCH3 is 2. The van der Waals surface area contributed by atoms with E-state index in [9.17, 15) is 8.42 Å². The second kappa shape index (κ2) is 6.12. The highest BCUT2D eigenvalue weighted by Crippen LogP contribution is 2.43. The van der Waals surface area contributed by atoms with Gasteiger partial charge >= 0.3 is 0 Å². The van der Waals surface area contributed by atoms with Crippen molar-refractivity contribution in [1.29, 1.82) is 0 Å². The Balaban J connectivity index is 2.33. The number of sulfone groups is 1. The zero-order chi connectivity index (χ0) is 14.9. The maximum Gasteiger partial charge on any atom is 0.161 e. The van der Waals surface area contributed by atoms with E-state index in [0.717, 1.165) is 10.0 Å². The highest BCUT2D eigenvalue weighted by atomic mass is 79.9. The number of hydrogen-bond donors (Lipinski definition) is 0. The molecule has 1 aromatic carbocycles. The van der Waals surface area contributed by atoms with Crippen molar-refractivity contribution in [2.24, 2.45) is 5.92 Å². The van der Waals surface area contributed by atoms with Gasteiger partial charge in [0, 0.05) is 4.47 Å². The van der Waals surface area contributed by atoms with E-state index in [1.54, 1.807) is 26.4 Å². The van der Waals surface area contributed by atoms with Crippen molar-refractivity contribution in [3.8, 4) is 11.5 Å². The van der Waals surface area contributed by atoms with Crippen LogP contribution >= 0.6 is 27.5 Å². The van der Waals surface area contributed by atoms with Crippen molar-refractivity contribution in [1.82, 2.24) is 0 Å². The summed E-state index contributed by atoms with van der Waals surface area (Å²) in [5.41, 5.74) is 0.825. The molecule has 1 aromatic rings. The molecule has 4 nitrogen and oxygen atoms in total. The molecular weight excluding hydrogens is 368 g/mol. The summed E-state index contributed by atoms with van der Waals surface area (Å²) in [6.45, 7) is 0. The average molecular weight is 384 g/mol. The van der Waals surface area contributed by atoms with Gasteiger partial charge in [0.15, 0.2) is 21.3 Å². The third-order valence-corrected chi connectivity index (χ3v) is 6.55. The first kappa shape index (κ1) is 15.9. The minimum Gasteiger partial charge on any atom is -0.493 e. The predicted molar refractivity (Wildman–Crippen MR) is 82.6 cm³/mol. The summed E-state index contributed by atoms with van der Waals surface area (Å²) in [5, 5.41) is -0.374. The molecule has 0 aliphatic carbocycles. The quantitative estimate of drug-likeness (QED) is 0.749. The Kier molecular flexibility index (Phi) is 4.87. The van der Waals surface area contributed by atoms with Gasteiger partial charge in [0.1, 0.15) is 0 Å². The van der Waals surface area contributed by atoms with Crippen LogP contribution in [0.4, 0.5) is 0 Å². The standard InChI is InChI=1S/C13H16BrClO4S/c1-18-11-5-9(10(14)6-12(11)19-2)13(15)8-3-4-20(16,17)7-8/h5-6,8,13H,3-4,7H2,1-2H3. The fraction of sp³-hybridized carbons (Fsp3) is 0.538. The molecule has 7 heteroatoms. The molecule has 20 heavy (non-hydrogen) atoms. The van der Waals surface area contributed by atoms with Crippen LogP contribution in [-0.2, 0) is 9.84 Å². The number of halogens is 2. The smallest absolute Gasteiger partial charge is 0.161 e. The monoisotopic (exact) mass is 382 g/mol. The van der Waals surface area contributed by atoms with E-state index in [-0.39, 0.29) is 22.8 Å². The van der Waals surface area contributed by atoms with E-state index in [1.165, 1.54) is 0 Å². The molecule has 1 aliphatic rings. The molecule has 1 fully saturated rings. The van der Waals surface area contributed by atoms with Crippen LogP contribution in [0.5, 0.6) is 11.5 Å². The Morgan fingerprint density at radius 1 is 1.30 bits per heavy atom. The lowest BCUT2D eigenvalue weighted by molar-refractivity contribution is 0.354. The lowest BCUT2D eigenvalue weighted by Crippen LogP contribution is -2.11. The van der Waals surface area contributed by atoms with Gasteiger partial charge in [0.25, 0.3) is 0 Å². The van der Waals surface area contributed by atoms with Gasteiger partial charge in [-0.3, -0.25) is 0 Å². The van der Waals surface area contributed by atoms with Gasteiger partial charge in [-0.2, -0.15) is 0 Å². The lowest BCUT2D eigenvalue weighted by Gasteiger charge is -2.19. The molecule has 2 rings (SSSR count). The molecule has 0 bridgehead atoms. The van der Waals surface area contributed by atoms with Crippen LogP contribution in [0.3, 0.4) is 0 Å². The molecule has 0 radical (unpaired) electrons. The minimum atomic E-state index is -2.95. The Morgan fingerprint density at radius 3 is 2.40 bits per heavy atom. The van der Waals surface area contributed by atoms with Crippen LogP contribution in [0.25, 0.3) is 0 Å². The second-order valence-electron chi connectivity index (χ2n) is 4.79. The summed E-state index contributed by atoms with van der Waals surface area (Å²) in [6.07, 6.45) is 0.595. The summed E-state index contributed by atoms with van der Waals surface area (Å²) in [4.78, 5) is 0. The summed E-state index contributed by atoms with van der Waals surface area (Å²) in [7, 11) is 0.170. The number of ether oxygens (including phenoxy) is 2. The summed E-state index contributed by atoms with van der Waals surface area (Å²) >= 11 is 9.94. The van der Waals surface area contributed by atoms with Crippen LogP contribution in [-0.4, -0.2) is 34.1 Å². The van der Waals surface area contributed by atoms with Crippen LogP contribution in [0.2, 0.25) is 0 Å². The van der Waals surface area contributed by atoms with E-state index in [1.807, 2.05) is 0 Å². The lowest BCUT2D eigenvalue weighted by atomic mass is 9.98. The van der Waals surface area contributed by atoms with E-state index in [4.69, 9.17) is 21.1 Å². The van der Waals surface area contributed by atoms with Crippen LogP contribution < -0.4 is 9.47 Å². The van der Waals surface area contributed by atoms with E-state index < -0.39 is 9.84 Å². The maximum absolute atomic E-state index is 11.6. The minimum absolute atomic E-state index is 0.0731. The Hall–Kier alpha value is -0.460. The average Bonchev–Trinajstić information content (AvgIpc) is 2.78. The summed E-state index contributed by atoms with van der Waals surface area (Å²) < 4.78 is 34.4. The molecule has 1 saturated heterocycles. The highest BCUT2D eigenvalue weighted by Gasteiger charge is 2.34. The number of alkyl halides is 1. The van der Waals surface area contributed by atoms with Crippen LogP contribution in [0.1, 0.15) is 17.4 Å². The molecule has 0 amide bonds. The maximum atomic E-state index is 11.6. The SMILES string of the molecule is COc1cc(Br)c(C(Cl)C2CCS(=O)(=O)C2)cc1OC. The van der Waals surface area contributed by atoms with Gasteiger partial charge in [0.2, 0.25) is 0 Å². The van der Waals surface area contributed by atoms with Crippen molar-refractivity contribution in [3.05, 3.63) is 22.2 Å². The van der Waals surface area contributed by atoms with Gasteiger partial charge in [-0.15, -0.1) is 11.6 Å². The zero-order valence-electron chi connectivity index (χ0n) is 11.2. The summed E-state index contributed by atoms with van der Waals surface area (Å²) in [5.74, 6) is 1.47. The van der Waals surface area contributed by atoms with Crippen molar-refractivity contribution in [3.63, 3.8) is 0 Å². The largest absolute Gasteiger partial charge is 0.493 e. The molecule has 2 atom stereocenters. The molecule has 0 saturated carbocycles. The fourth-order valence-electron chi connectivity index (χ4n) is 2.39. The summed E-state index contributed by atoms with van der Waals surface area (Å²) in [6, 6.07) is 3.58. The van der Waals surface area contributed by atoms with Crippen molar-refractivity contribution in [2.75, 3.05) is 25.7 Å². The topological polar surface area (TPSA) is 52.6 Å². The molecule has 1 heterocycles. The molecule has 1 aliphatic heterocycles. The van der Waals surface area contributed by atoms with Gasteiger partial charge in [0.05, 0.1) is 31.1 Å². The molecule has 0 spiro atoms. The van der Waals surface area contributed by atoms with Gasteiger partial charge in [-0.05, 0) is 30.0 Å². The molecule has 0 N–H and O–H groups in total. The van der Waals surface area contributed by atoms with Gasteiger partial charge in [-0.1, -0.05) is 15.9 Å². The fourth-order valence-corrected chi connectivity index (χ4v) is 5.43. The van der Waals surface area contributed by atoms with Crippen molar-refractivity contribution < 1.29 is 17.9 Å². The number of rotatable bonds is 4. The first-order chi connectivity index (χ1) is 9.38. The Bertz CT molecular complexity index is 603. The normalized spacial score (nSPS) is 22.5. The Morgan fingerprint density at radius 2 is 1.90 bits per heavy atom.